The van der Waals surface area contributed by atoms with Crippen molar-refractivity contribution in [2.75, 3.05) is 26.2 Å². The van der Waals surface area contributed by atoms with Gasteiger partial charge < -0.3 is 9.32 Å². The van der Waals surface area contributed by atoms with E-state index in [1.54, 1.807) is 6.20 Å². The normalized spacial score (nSPS) is 14.4. The van der Waals surface area contributed by atoms with Crippen molar-refractivity contribution in [3.63, 3.8) is 0 Å². The van der Waals surface area contributed by atoms with E-state index in [2.05, 4.69) is 16.0 Å². The zero-order chi connectivity index (χ0) is 20.8. The quantitative estimate of drug-likeness (QED) is 0.633. The van der Waals surface area contributed by atoms with Crippen molar-refractivity contribution in [1.82, 2.24) is 14.8 Å². The van der Waals surface area contributed by atoms with E-state index in [0.717, 1.165) is 44.0 Å². The molecule has 1 fully saturated rings. The molecular weight excluding hydrogens is 376 g/mol. The van der Waals surface area contributed by atoms with E-state index >= 15 is 0 Å². The van der Waals surface area contributed by atoms with E-state index in [-0.39, 0.29) is 5.91 Å². The first-order valence-corrected chi connectivity index (χ1v) is 10.2. The average molecular weight is 400 g/mol. The molecule has 152 valence electrons. The lowest BCUT2D eigenvalue weighted by Gasteiger charge is -2.34. The summed E-state index contributed by atoms with van der Waals surface area (Å²) in [5.41, 5.74) is 2.85. The summed E-state index contributed by atoms with van der Waals surface area (Å²) >= 11 is 0. The van der Waals surface area contributed by atoms with Crippen molar-refractivity contribution >= 4 is 5.91 Å². The maximum absolute atomic E-state index is 12.6. The van der Waals surface area contributed by atoms with E-state index < -0.39 is 0 Å². The molecule has 1 amide bonds. The van der Waals surface area contributed by atoms with E-state index in [0.29, 0.717) is 24.3 Å². The van der Waals surface area contributed by atoms with Gasteiger partial charge in [-0.2, -0.15) is 5.26 Å². The van der Waals surface area contributed by atoms with Gasteiger partial charge in [0.25, 0.3) is 0 Å². The number of rotatable bonds is 6. The van der Waals surface area contributed by atoms with Crippen molar-refractivity contribution in [3.8, 4) is 17.4 Å². The molecule has 0 aliphatic carbocycles. The Labute approximate surface area is 176 Å². The number of amides is 1. The first kappa shape index (κ1) is 19.9. The van der Waals surface area contributed by atoms with Gasteiger partial charge in [-0.05, 0) is 17.7 Å². The summed E-state index contributed by atoms with van der Waals surface area (Å²) in [7, 11) is 0. The largest absolute Gasteiger partial charge is 0.441 e. The Morgan fingerprint density at radius 1 is 1.03 bits per heavy atom. The van der Waals surface area contributed by atoms with Gasteiger partial charge in [0.05, 0.1) is 17.8 Å². The van der Waals surface area contributed by atoms with Crippen LogP contribution < -0.4 is 0 Å². The Morgan fingerprint density at radius 3 is 2.47 bits per heavy atom. The molecule has 0 spiro atoms. The summed E-state index contributed by atoms with van der Waals surface area (Å²) in [6.45, 7) is 4.00. The lowest BCUT2D eigenvalue weighted by atomic mass is 10.1. The third-order valence-corrected chi connectivity index (χ3v) is 5.38. The van der Waals surface area contributed by atoms with Gasteiger partial charge in [0.2, 0.25) is 5.91 Å². The number of oxazole rings is 1. The monoisotopic (exact) mass is 400 g/mol. The predicted molar refractivity (Wildman–Crippen MR) is 113 cm³/mol. The van der Waals surface area contributed by atoms with Crippen LogP contribution in [0.3, 0.4) is 0 Å². The van der Waals surface area contributed by atoms with Gasteiger partial charge in [-0.15, -0.1) is 0 Å². The molecular formula is C24H24N4O2. The second kappa shape index (κ2) is 9.38. The fourth-order valence-electron chi connectivity index (χ4n) is 3.63. The van der Waals surface area contributed by atoms with Gasteiger partial charge >= 0.3 is 0 Å². The SMILES string of the molecule is N#Cc1ccc(CN2CCN(C(=O)CCc3ncc(-c4ccccc4)o3)CC2)cc1. The number of hydrogen-bond acceptors (Lipinski definition) is 5. The smallest absolute Gasteiger partial charge is 0.223 e. The fraction of sp³-hybridized carbons (Fsp3) is 0.292. The number of piperazine rings is 1. The summed E-state index contributed by atoms with van der Waals surface area (Å²) in [5, 5.41) is 8.89. The van der Waals surface area contributed by atoms with Crippen LogP contribution in [0.25, 0.3) is 11.3 Å². The Kier molecular flexibility index (Phi) is 6.21. The van der Waals surface area contributed by atoms with Crippen LogP contribution in [-0.2, 0) is 17.8 Å². The minimum atomic E-state index is 0.146. The molecule has 6 heteroatoms. The molecule has 2 aromatic carbocycles. The van der Waals surface area contributed by atoms with Crippen LogP contribution >= 0.6 is 0 Å². The van der Waals surface area contributed by atoms with Gasteiger partial charge in [0.1, 0.15) is 0 Å². The maximum atomic E-state index is 12.6. The first-order chi connectivity index (χ1) is 14.7. The molecule has 1 aliphatic heterocycles. The summed E-state index contributed by atoms with van der Waals surface area (Å²) < 4.78 is 5.80. The van der Waals surface area contributed by atoms with Gasteiger partial charge in [-0.25, -0.2) is 4.98 Å². The van der Waals surface area contributed by atoms with Gasteiger partial charge in [-0.3, -0.25) is 9.69 Å². The molecule has 3 aromatic rings. The highest BCUT2D eigenvalue weighted by molar-refractivity contribution is 5.76. The summed E-state index contributed by atoms with van der Waals surface area (Å²) in [4.78, 5) is 21.2. The van der Waals surface area contributed by atoms with Crippen molar-refractivity contribution in [2.24, 2.45) is 0 Å². The molecule has 0 N–H and O–H groups in total. The van der Waals surface area contributed by atoms with Crippen LogP contribution in [-0.4, -0.2) is 46.9 Å². The highest BCUT2D eigenvalue weighted by Crippen LogP contribution is 2.20. The summed E-state index contributed by atoms with van der Waals surface area (Å²) in [5.74, 6) is 1.48. The second-order valence-electron chi connectivity index (χ2n) is 7.45. The molecule has 1 saturated heterocycles. The lowest BCUT2D eigenvalue weighted by molar-refractivity contribution is -0.133. The van der Waals surface area contributed by atoms with Crippen molar-refractivity contribution < 1.29 is 9.21 Å². The standard InChI is InChI=1S/C24H24N4O2/c25-16-19-6-8-20(9-7-19)18-27-12-14-28(15-13-27)24(29)11-10-23-26-17-22(30-23)21-4-2-1-3-5-21/h1-9,17H,10-15,18H2. The van der Waals surface area contributed by atoms with Crippen molar-refractivity contribution in [3.05, 3.63) is 77.8 Å². The number of nitriles is 1. The van der Waals surface area contributed by atoms with Crippen molar-refractivity contribution in [1.29, 1.82) is 5.26 Å². The minimum Gasteiger partial charge on any atom is -0.441 e. The molecule has 30 heavy (non-hydrogen) atoms. The van der Waals surface area contributed by atoms with Crippen LogP contribution in [0.5, 0.6) is 0 Å². The third kappa shape index (κ3) is 4.94. The number of carbonyl (C=O) groups excluding carboxylic acids is 1. The van der Waals surface area contributed by atoms with E-state index in [1.807, 2.05) is 59.5 Å². The van der Waals surface area contributed by atoms with E-state index in [9.17, 15) is 4.79 Å². The molecule has 0 radical (unpaired) electrons. The zero-order valence-electron chi connectivity index (χ0n) is 16.8. The molecule has 0 bridgehead atoms. The molecule has 4 rings (SSSR count). The molecule has 6 nitrogen and oxygen atoms in total. The maximum Gasteiger partial charge on any atom is 0.223 e. The number of aryl methyl sites for hydroxylation is 1. The predicted octanol–water partition coefficient (Wildman–Crippen LogP) is 3.49. The topological polar surface area (TPSA) is 73.4 Å². The Hall–Kier alpha value is -3.43. The number of hydrogen-bond donors (Lipinski definition) is 0. The molecule has 0 saturated carbocycles. The second-order valence-corrected chi connectivity index (χ2v) is 7.45. The molecule has 1 aromatic heterocycles. The van der Waals surface area contributed by atoms with Crippen LogP contribution in [0.1, 0.15) is 23.4 Å². The van der Waals surface area contributed by atoms with Gasteiger partial charge in [0, 0.05) is 51.1 Å². The highest BCUT2D eigenvalue weighted by atomic mass is 16.4. The van der Waals surface area contributed by atoms with Crippen LogP contribution in [0.15, 0.2) is 65.2 Å². The van der Waals surface area contributed by atoms with E-state index in [4.69, 9.17) is 9.68 Å². The molecule has 1 aliphatic rings. The summed E-state index contributed by atoms with van der Waals surface area (Å²) in [6, 6.07) is 19.7. The molecule has 0 unspecified atom stereocenters. The van der Waals surface area contributed by atoms with E-state index in [1.165, 1.54) is 5.56 Å². The number of aromatic nitrogens is 1. The summed E-state index contributed by atoms with van der Waals surface area (Å²) in [6.07, 6.45) is 2.64. The molecule has 2 heterocycles. The number of benzene rings is 2. The first-order valence-electron chi connectivity index (χ1n) is 10.2. The lowest BCUT2D eigenvalue weighted by Crippen LogP contribution is -2.48. The van der Waals surface area contributed by atoms with Crippen LogP contribution in [0.2, 0.25) is 0 Å². The third-order valence-electron chi connectivity index (χ3n) is 5.38. The Morgan fingerprint density at radius 2 is 1.77 bits per heavy atom. The van der Waals surface area contributed by atoms with Crippen LogP contribution in [0.4, 0.5) is 0 Å². The van der Waals surface area contributed by atoms with Gasteiger partial charge in [0.15, 0.2) is 11.7 Å². The fourth-order valence-corrected chi connectivity index (χ4v) is 3.63. The van der Waals surface area contributed by atoms with Crippen molar-refractivity contribution in [2.45, 2.75) is 19.4 Å². The number of carbonyl (C=O) groups is 1. The number of nitrogens with zero attached hydrogens (tertiary/aromatic N) is 4. The zero-order valence-corrected chi connectivity index (χ0v) is 16.8. The molecule has 0 atom stereocenters. The minimum absolute atomic E-state index is 0.146. The highest BCUT2D eigenvalue weighted by Gasteiger charge is 2.21. The van der Waals surface area contributed by atoms with Gasteiger partial charge in [-0.1, -0.05) is 42.5 Å². The van der Waals surface area contributed by atoms with Crippen LogP contribution in [0, 0.1) is 11.3 Å². The average Bonchev–Trinajstić information content (AvgIpc) is 3.28. The Balaban J connectivity index is 1.23. The Bertz CT molecular complexity index is 1010.